The number of anilines is 2. The summed E-state index contributed by atoms with van der Waals surface area (Å²) >= 11 is 0. The largest absolute Gasteiger partial charge is 0.348 e. The Morgan fingerprint density at radius 1 is 1.35 bits per heavy atom. The Kier molecular flexibility index (Phi) is 4.33. The Morgan fingerprint density at radius 2 is 2.13 bits per heavy atom. The molecule has 2 atom stereocenters. The van der Waals surface area contributed by atoms with Crippen molar-refractivity contribution in [1.29, 1.82) is 0 Å². The van der Waals surface area contributed by atoms with Crippen LogP contribution < -0.4 is 10.2 Å². The number of amides is 1. The number of carbonyl (C=O) groups is 1. The van der Waals surface area contributed by atoms with Crippen LogP contribution in [0, 0.1) is 0 Å². The number of nitrogens with one attached hydrogen (secondary N) is 1. The fourth-order valence-corrected chi connectivity index (χ4v) is 3.02. The molecule has 23 heavy (non-hydrogen) atoms. The van der Waals surface area contributed by atoms with E-state index in [9.17, 15) is 4.79 Å². The van der Waals surface area contributed by atoms with Gasteiger partial charge in [0.1, 0.15) is 5.69 Å². The van der Waals surface area contributed by atoms with Crippen molar-refractivity contribution in [1.82, 2.24) is 10.3 Å². The monoisotopic (exact) mass is 309 g/mol. The molecule has 1 aliphatic rings. The second-order valence-electron chi connectivity index (χ2n) is 6.24. The number of carbonyl (C=O) groups excluding carboxylic acids is 1. The molecule has 0 saturated carbocycles. The lowest BCUT2D eigenvalue weighted by Crippen LogP contribution is -2.32. The van der Waals surface area contributed by atoms with Crippen molar-refractivity contribution in [2.24, 2.45) is 0 Å². The van der Waals surface area contributed by atoms with Crippen LogP contribution in [0.1, 0.15) is 43.2 Å². The van der Waals surface area contributed by atoms with Gasteiger partial charge in [-0.2, -0.15) is 0 Å². The Hall–Kier alpha value is -2.36. The fourth-order valence-electron chi connectivity index (χ4n) is 3.02. The summed E-state index contributed by atoms with van der Waals surface area (Å²) in [5.41, 5.74) is 4.09. The topological polar surface area (TPSA) is 45.2 Å². The number of hydrogen-bond acceptors (Lipinski definition) is 3. The molecule has 0 spiro atoms. The molecule has 1 aliphatic heterocycles. The van der Waals surface area contributed by atoms with Crippen LogP contribution in [0.25, 0.3) is 0 Å². The third-order valence-corrected chi connectivity index (χ3v) is 4.46. The Balaban J connectivity index is 1.82. The highest BCUT2D eigenvalue weighted by atomic mass is 16.1. The zero-order valence-electron chi connectivity index (χ0n) is 13.9. The first-order valence-electron chi connectivity index (χ1n) is 8.24. The summed E-state index contributed by atoms with van der Waals surface area (Å²) < 4.78 is 0. The van der Waals surface area contributed by atoms with E-state index in [-0.39, 0.29) is 11.9 Å². The molecule has 4 nitrogen and oxygen atoms in total. The number of nitrogens with zero attached hydrogens (tertiary/aromatic N) is 2. The predicted molar refractivity (Wildman–Crippen MR) is 93.2 cm³/mol. The van der Waals surface area contributed by atoms with Crippen molar-refractivity contribution in [2.45, 2.75) is 45.7 Å². The van der Waals surface area contributed by atoms with Gasteiger partial charge in [0, 0.05) is 17.8 Å². The van der Waals surface area contributed by atoms with Gasteiger partial charge in [0.05, 0.1) is 11.9 Å². The van der Waals surface area contributed by atoms with Crippen LogP contribution >= 0.6 is 0 Å². The van der Waals surface area contributed by atoms with Gasteiger partial charge < -0.3 is 10.2 Å². The molecule has 2 heterocycles. The zero-order valence-corrected chi connectivity index (χ0v) is 13.9. The molecule has 120 valence electrons. The highest BCUT2D eigenvalue weighted by Crippen LogP contribution is 2.37. The van der Waals surface area contributed by atoms with Gasteiger partial charge in [-0.1, -0.05) is 25.1 Å². The average molecular weight is 309 g/mol. The standard InChI is InChI=1S/C19H23N3O/c1-4-13(2)21-19(23)17-10-9-16(12-20-17)22-14(3)11-15-7-5-6-8-18(15)22/h5-10,12-14H,4,11H2,1-3H3,(H,21,23). The number of para-hydroxylation sites is 1. The van der Waals surface area contributed by atoms with Crippen LogP contribution in [-0.2, 0) is 6.42 Å². The zero-order chi connectivity index (χ0) is 16.4. The van der Waals surface area contributed by atoms with E-state index in [0.29, 0.717) is 11.7 Å². The lowest BCUT2D eigenvalue weighted by molar-refractivity contribution is 0.0934. The minimum atomic E-state index is -0.110. The van der Waals surface area contributed by atoms with Crippen molar-refractivity contribution in [3.8, 4) is 0 Å². The Labute approximate surface area is 137 Å². The van der Waals surface area contributed by atoms with E-state index in [2.05, 4.69) is 46.4 Å². The van der Waals surface area contributed by atoms with Crippen molar-refractivity contribution < 1.29 is 4.79 Å². The molecule has 0 saturated heterocycles. The van der Waals surface area contributed by atoms with Gasteiger partial charge in [0.15, 0.2) is 0 Å². The molecule has 0 bridgehead atoms. The van der Waals surface area contributed by atoms with E-state index in [1.807, 2.05) is 19.9 Å². The number of pyridine rings is 1. The molecule has 1 N–H and O–H groups in total. The smallest absolute Gasteiger partial charge is 0.270 e. The first-order chi connectivity index (χ1) is 11.1. The Morgan fingerprint density at radius 3 is 2.83 bits per heavy atom. The number of aromatic nitrogens is 1. The quantitative estimate of drug-likeness (QED) is 0.937. The first-order valence-corrected chi connectivity index (χ1v) is 8.24. The summed E-state index contributed by atoms with van der Waals surface area (Å²) in [7, 11) is 0. The number of fused-ring (bicyclic) bond motifs is 1. The lowest BCUT2D eigenvalue weighted by atomic mass is 10.1. The summed E-state index contributed by atoms with van der Waals surface area (Å²) in [6.07, 6.45) is 3.74. The van der Waals surface area contributed by atoms with Crippen LogP contribution in [0.4, 0.5) is 11.4 Å². The van der Waals surface area contributed by atoms with Gasteiger partial charge in [-0.3, -0.25) is 4.79 Å². The molecule has 1 aromatic heterocycles. The molecule has 2 aromatic rings. The van der Waals surface area contributed by atoms with Gasteiger partial charge in [-0.15, -0.1) is 0 Å². The van der Waals surface area contributed by atoms with Crippen LogP contribution in [0.2, 0.25) is 0 Å². The molecule has 1 amide bonds. The van der Waals surface area contributed by atoms with Crippen LogP contribution in [0.3, 0.4) is 0 Å². The second-order valence-corrected chi connectivity index (χ2v) is 6.24. The SMILES string of the molecule is CCC(C)NC(=O)c1ccc(N2c3ccccc3CC2C)cn1. The highest BCUT2D eigenvalue weighted by molar-refractivity contribution is 5.92. The minimum absolute atomic E-state index is 0.110. The second kappa shape index (κ2) is 6.41. The third kappa shape index (κ3) is 3.07. The van der Waals surface area contributed by atoms with E-state index in [4.69, 9.17) is 0 Å². The van der Waals surface area contributed by atoms with E-state index in [0.717, 1.165) is 18.5 Å². The highest BCUT2D eigenvalue weighted by Gasteiger charge is 2.27. The molecule has 0 aliphatic carbocycles. The Bertz CT molecular complexity index is 696. The van der Waals surface area contributed by atoms with Gasteiger partial charge in [-0.05, 0) is 50.5 Å². The van der Waals surface area contributed by atoms with E-state index in [1.54, 1.807) is 12.3 Å². The molecular weight excluding hydrogens is 286 g/mol. The molecule has 3 rings (SSSR count). The van der Waals surface area contributed by atoms with Crippen molar-refractivity contribution in [3.63, 3.8) is 0 Å². The summed E-state index contributed by atoms with van der Waals surface area (Å²) in [5, 5.41) is 2.94. The fraction of sp³-hybridized carbons (Fsp3) is 0.368. The van der Waals surface area contributed by atoms with Gasteiger partial charge >= 0.3 is 0 Å². The molecule has 2 unspecified atom stereocenters. The number of hydrogen-bond donors (Lipinski definition) is 1. The molecule has 1 aromatic carbocycles. The molecule has 0 radical (unpaired) electrons. The van der Waals surface area contributed by atoms with E-state index < -0.39 is 0 Å². The number of rotatable bonds is 4. The predicted octanol–water partition coefficient (Wildman–Crippen LogP) is 3.69. The summed E-state index contributed by atoms with van der Waals surface area (Å²) in [4.78, 5) is 18.8. The molecule has 0 fully saturated rings. The van der Waals surface area contributed by atoms with Crippen LogP contribution in [0.5, 0.6) is 0 Å². The average Bonchev–Trinajstić information content (AvgIpc) is 2.90. The molecular formula is C19H23N3O. The van der Waals surface area contributed by atoms with Crippen LogP contribution in [0.15, 0.2) is 42.6 Å². The maximum absolute atomic E-state index is 12.1. The van der Waals surface area contributed by atoms with Gasteiger partial charge in [0.2, 0.25) is 0 Å². The minimum Gasteiger partial charge on any atom is -0.348 e. The summed E-state index contributed by atoms with van der Waals surface area (Å²) in [6, 6.07) is 12.8. The molecule has 4 heteroatoms. The maximum atomic E-state index is 12.1. The van der Waals surface area contributed by atoms with Crippen LogP contribution in [-0.4, -0.2) is 23.0 Å². The van der Waals surface area contributed by atoms with E-state index >= 15 is 0 Å². The van der Waals surface area contributed by atoms with Gasteiger partial charge in [0.25, 0.3) is 5.91 Å². The van der Waals surface area contributed by atoms with Crippen molar-refractivity contribution >= 4 is 17.3 Å². The van der Waals surface area contributed by atoms with Crippen molar-refractivity contribution in [3.05, 3.63) is 53.9 Å². The third-order valence-electron chi connectivity index (χ3n) is 4.46. The normalized spacial score (nSPS) is 17.7. The maximum Gasteiger partial charge on any atom is 0.270 e. The lowest BCUT2D eigenvalue weighted by Gasteiger charge is -2.24. The summed E-state index contributed by atoms with van der Waals surface area (Å²) in [6.45, 7) is 6.26. The summed E-state index contributed by atoms with van der Waals surface area (Å²) in [5.74, 6) is -0.110. The number of benzene rings is 1. The first kappa shape index (κ1) is 15.5. The van der Waals surface area contributed by atoms with E-state index in [1.165, 1.54) is 11.3 Å². The van der Waals surface area contributed by atoms with Gasteiger partial charge in [-0.25, -0.2) is 4.98 Å². The van der Waals surface area contributed by atoms with Crippen molar-refractivity contribution in [2.75, 3.05) is 4.90 Å².